The molecule has 1 saturated heterocycles. The third-order valence-corrected chi connectivity index (χ3v) is 6.89. The molecule has 1 N–H and O–H groups in total. The van der Waals surface area contributed by atoms with E-state index in [2.05, 4.69) is 14.6 Å². The average Bonchev–Trinajstić information content (AvgIpc) is 3.10. The van der Waals surface area contributed by atoms with Crippen molar-refractivity contribution in [2.45, 2.75) is 70.0 Å². The van der Waals surface area contributed by atoms with Crippen molar-refractivity contribution in [2.75, 3.05) is 18.0 Å². The van der Waals surface area contributed by atoms with Crippen LogP contribution in [0.25, 0.3) is 0 Å². The summed E-state index contributed by atoms with van der Waals surface area (Å²) in [6.45, 7) is 4.66. The summed E-state index contributed by atoms with van der Waals surface area (Å²) in [7, 11) is 0. The van der Waals surface area contributed by atoms with Crippen LogP contribution >= 0.6 is 11.5 Å². The number of amides is 1. The smallest absolute Gasteiger partial charge is 0.257 e. The van der Waals surface area contributed by atoms with Crippen LogP contribution in [0.1, 0.15) is 64.1 Å². The van der Waals surface area contributed by atoms with Gasteiger partial charge in [0.25, 0.3) is 5.91 Å². The molecule has 3 fully saturated rings. The summed E-state index contributed by atoms with van der Waals surface area (Å²) in [4.78, 5) is 19.1. The van der Waals surface area contributed by atoms with Gasteiger partial charge in [-0.25, -0.2) is 9.37 Å². The molecule has 1 aliphatic heterocycles. The van der Waals surface area contributed by atoms with Crippen LogP contribution in [-0.2, 0) is 4.79 Å². The van der Waals surface area contributed by atoms with E-state index < -0.39 is 11.6 Å². The number of fused-ring (bicyclic) bond motifs is 1. The SMILES string of the molecule is CC(C)(F)C(=O)NC1CCC2CN(c3nc(C4CCC4)ns3)CC2C1. The number of hydrogen-bond donors (Lipinski definition) is 1. The Bertz CT molecular complexity index is 639. The number of carbonyl (C=O) groups excluding carboxylic acids is 1. The van der Waals surface area contributed by atoms with Crippen LogP contribution in [0.5, 0.6) is 0 Å². The van der Waals surface area contributed by atoms with Crippen LogP contribution in [0.15, 0.2) is 0 Å². The number of nitrogens with zero attached hydrogens (tertiary/aromatic N) is 3. The summed E-state index contributed by atoms with van der Waals surface area (Å²) in [5, 5.41) is 3.96. The molecule has 4 rings (SSSR count). The fourth-order valence-electron chi connectivity index (χ4n) is 4.26. The molecule has 2 aliphatic carbocycles. The van der Waals surface area contributed by atoms with Crippen LogP contribution in [-0.4, -0.2) is 40.1 Å². The van der Waals surface area contributed by atoms with E-state index in [-0.39, 0.29) is 6.04 Å². The second-order valence-corrected chi connectivity index (χ2v) is 9.17. The Morgan fingerprint density at radius 1 is 1.24 bits per heavy atom. The van der Waals surface area contributed by atoms with Gasteiger partial charge < -0.3 is 10.2 Å². The topological polar surface area (TPSA) is 58.1 Å². The van der Waals surface area contributed by atoms with Crippen molar-refractivity contribution in [3.05, 3.63) is 5.82 Å². The van der Waals surface area contributed by atoms with Gasteiger partial charge in [0, 0.05) is 36.6 Å². The quantitative estimate of drug-likeness (QED) is 0.888. The summed E-state index contributed by atoms with van der Waals surface area (Å²) in [6.07, 6.45) is 6.74. The first kappa shape index (κ1) is 17.2. The lowest BCUT2D eigenvalue weighted by Gasteiger charge is -2.32. The van der Waals surface area contributed by atoms with Crippen LogP contribution in [0.4, 0.5) is 9.52 Å². The Morgan fingerprint density at radius 2 is 2.00 bits per heavy atom. The van der Waals surface area contributed by atoms with Gasteiger partial charge in [0.05, 0.1) is 0 Å². The van der Waals surface area contributed by atoms with Crippen molar-refractivity contribution in [3.8, 4) is 0 Å². The molecule has 2 saturated carbocycles. The highest BCUT2D eigenvalue weighted by atomic mass is 32.1. The molecular weight excluding hydrogens is 339 g/mol. The van der Waals surface area contributed by atoms with Gasteiger partial charge in [0.15, 0.2) is 5.67 Å². The summed E-state index contributed by atoms with van der Waals surface area (Å²) < 4.78 is 18.3. The molecule has 5 nitrogen and oxygen atoms in total. The van der Waals surface area contributed by atoms with E-state index >= 15 is 0 Å². The molecule has 0 spiro atoms. The van der Waals surface area contributed by atoms with Gasteiger partial charge in [-0.15, -0.1) is 0 Å². The second-order valence-electron chi connectivity index (χ2n) is 8.44. The maximum atomic E-state index is 13.8. The van der Waals surface area contributed by atoms with Crippen LogP contribution in [0.2, 0.25) is 0 Å². The first-order chi connectivity index (χ1) is 11.9. The highest BCUT2D eigenvalue weighted by molar-refractivity contribution is 7.09. The lowest BCUT2D eigenvalue weighted by molar-refractivity contribution is -0.131. The maximum absolute atomic E-state index is 13.8. The van der Waals surface area contributed by atoms with Gasteiger partial charge in [-0.05, 0) is 57.8 Å². The molecule has 3 unspecified atom stereocenters. The molecule has 1 aromatic rings. The zero-order valence-electron chi connectivity index (χ0n) is 15.0. The van der Waals surface area contributed by atoms with E-state index in [1.165, 1.54) is 44.6 Å². The monoisotopic (exact) mass is 366 g/mol. The van der Waals surface area contributed by atoms with Crippen LogP contribution < -0.4 is 10.2 Å². The first-order valence-electron chi connectivity index (χ1n) is 9.48. The molecule has 1 amide bonds. The van der Waals surface area contributed by atoms with Crippen molar-refractivity contribution in [1.29, 1.82) is 0 Å². The molecule has 0 bridgehead atoms. The Balaban J connectivity index is 1.35. The van der Waals surface area contributed by atoms with E-state index in [1.807, 2.05) is 0 Å². The Hall–Kier alpha value is -1.24. The predicted molar refractivity (Wildman–Crippen MR) is 96.7 cm³/mol. The molecule has 1 aromatic heterocycles. The Morgan fingerprint density at radius 3 is 2.68 bits per heavy atom. The fourth-order valence-corrected chi connectivity index (χ4v) is 5.03. The minimum Gasteiger partial charge on any atom is -0.351 e. The molecule has 7 heteroatoms. The molecule has 3 aliphatic rings. The molecule has 2 heterocycles. The van der Waals surface area contributed by atoms with Gasteiger partial charge in [0.1, 0.15) is 5.82 Å². The van der Waals surface area contributed by atoms with Crippen molar-refractivity contribution in [2.24, 2.45) is 11.8 Å². The van der Waals surface area contributed by atoms with E-state index in [1.54, 1.807) is 0 Å². The van der Waals surface area contributed by atoms with E-state index in [4.69, 9.17) is 4.98 Å². The van der Waals surface area contributed by atoms with Gasteiger partial charge in [-0.2, -0.15) is 4.37 Å². The first-order valence-corrected chi connectivity index (χ1v) is 10.3. The highest BCUT2D eigenvalue weighted by Crippen LogP contribution is 2.40. The number of carbonyl (C=O) groups is 1. The van der Waals surface area contributed by atoms with Gasteiger partial charge >= 0.3 is 0 Å². The normalized spacial score (nSPS) is 30.0. The van der Waals surface area contributed by atoms with E-state index in [0.29, 0.717) is 17.8 Å². The summed E-state index contributed by atoms with van der Waals surface area (Å²) >= 11 is 1.53. The number of halogens is 1. The van der Waals surface area contributed by atoms with E-state index in [9.17, 15) is 9.18 Å². The van der Waals surface area contributed by atoms with Gasteiger partial charge in [-0.1, -0.05) is 6.42 Å². The molecule has 25 heavy (non-hydrogen) atoms. The Kier molecular flexibility index (Phi) is 4.46. The fraction of sp³-hybridized carbons (Fsp3) is 0.833. The lowest BCUT2D eigenvalue weighted by Crippen LogP contribution is -2.47. The number of aromatic nitrogens is 2. The third-order valence-electron chi connectivity index (χ3n) is 6.10. The van der Waals surface area contributed by atoms with Crippen molar-refractivity contribution >= 4 is 22.6 Å². The largest absolute Gasteiger partial charge is 0.351 e. The van der Waals surface area contributed by atoms with Crippen LogP contribution in [0, 0.1) is 11.8 Å². The van der Waals surface area contributed by atoms with Gasteiger partial charge in [0.2, 0.25) is 5.13 Å². The lowest BCUT2D eigenvalue weighted by atomic mass is 9.79. The van der Waals surface area contributed by atoms with Crippen molar-refractivity contribution in [3.63, 3.8) is 0 Å². The molecule has 138 valence electrons. The number of nitrogens with one attached hydrogen (secondary N) is 1. The van der Waals surface area contributed by atoms with Crippen molar-refractivity contribution < 1.29 is 9.18 Å². The molecule has 3 atom stereocenters. The number of hydrogen-bond acceptors (Lipinski definition) is 5. The van der Waals surface area contributed by atoms with Crippen molar-refractivity contribution in [1.82, 2.24) is 14.7 Å². The summed E-state index contributed by atoms with van der Waals surface area (Å²) in [6, 6.07) is 0.101. The standard InChI is InChI=1S/C18H27FN4OS/c1-18(2,19)16(24)20-14-7-6-12-9-23(10-13(12)8-14)17-21-15(22-25-17)11-4-3-5-11/h11-14H,3-10H2,1-2H3,(H,20,24). The van der Waals surface area contributed by atoms with Crippen LogP contribution in [0.3, 0.4) is 0 Å². The molecular formula is C18H27FN4OS. The number of anilines is 1. The third kappa shape index (κ3) is 3.52. The zero-order valence-corrected chi connectivity index (χ0v) is 15.8. The predicted octanol–water partition coefficient (Wildman–Crippen LogP) is 3.27. The molecule has 0 aromatic carbocycles. The summed E-state index contributed by atoms with van der Waals surface area (Å²) in [5.41, 5.74) is -1.80. The summed E-state index contributed by atoms with van der Waals surface area (Å²) in [5.74, 6) is 2.34. The number of alkyl halides is 1. The van der Waals surface area contributed by atoms with E-state index in [0.717, 1.165) is 43.3 Å². The minimum absolute atomic E-state index is 0.101. The highest BCUT2D eigenvalue weighted by Gasteiger charge is 2.40. The zero-order chi connectivity index (χ0) is 17.6. The Labute approximate surface area is 152 Å². The minimum atomic E-state index is -1.80. The maximum Gasteiger partial charge on any atom is 0.257 e. The second kappa shape index (κ2) is 6.49. The average molecular weight is 367 g/mol. The number of rotatable bonds is 4. The molecule has 0 radical (unpaired) electrons. The van der Waals surface area contributed by atoms with Gasteiger partial charge in [-0.3, -0.25) is 4.79 Å².